The highest BCUT2D eigenvalue weighted by Crippen LogP contribution is 2.25. The van der Waals surface area contributed by atoms with Crippen molar-refractivity contribution in [3.05, 3.63) is 45.9 Å². The van der Waals surface area contributed by atoms with Crippen LogP contribution in [0.2, 0.25) is 0 Å². The number of aliphatic hydroxyl groups excluding tert-OH is 1. The van der Waals surface area contributed by atoms with Crippen molar-refractivity contribution in [3.8, 4) is 0 Å². The number of thiazole rings is 2. The maximum absolute atomic E-state index is 10.00. The maximum atomic E-state index is 10.00. The van der Waals surface area contributed by atoms with Gasteiger partial charge in [-0.1, -0.05) is 12.1 Å². The number of hydrogen-bond donors (Lipinski definition) is 1. The van der Waals surface area contributed by atoms with Crippen molar-refractivity contribution in [1.82, 2.24) is 9.97 Å². The van der Waals surface area contributed by atoms with Crippen molar-refractivity contribution in [2.75, 3.05) is 0 Å². The molecule has 0 saturated carbocycles. The smallest absolute Gasteiger partial charge is 0.103 e. The number of para-hydroxylation sites is 1. The van der Waals surface area contributed by atoms with Crippen molar-refractivity contribution >= 4 is 32.9 Å². The van der Waals surface area contributed by atoms with Gasteiger partial charge in [-0.25, -0.2) is 9.97 Å². The zero-order chi connectivity index (χ0) is 11.7. The molecule has 3 aromatic rings. The first kappa shape index (κ1) is 10.8. The predicted octanol–water partition coefficient (Wildman–Crippen LogP) is 3.03. The van der Waals surface area contributed by atoms with Gasteiger partial charge in [-0.15, -0.1) is 22.7 Å². The first-order valence-electron chi connectivity index (χ1n) is 5.23. The lowest BCUT2D eigenvalue weighted by Crippen LogP contribution is -2.01. The molecule has 86 valence electrons. The van der Waals surface area contributed by atoms with E-state index in [0.29, 0.717) is 6.42 Å². The minimum atomic E-state index is -0.554. The van der Waals surface area contributed by atoms with E-state index in [1.807, 2.05) is 29.6 Å². The Labute approximate surface area is 106 Å². The molecule has 5 heteroatoms. The van der Waals surface area contributed by atoms with E-state index in [2.05, 4.69) is 9.97 Å². The van der Waals surface area contributed by atoms with Crippen LogP contribution in [0.15, 0.2) is 35.2 Å². The van der Waals surface area contributed by atoms with E-state index >= 15 is 0 Å². The molecule has 1 unspecified atom stereocenters. The number of hydrogen-bond acceptors (Lipinski definition) is 5. The molecule has 17 heavy (non-hydrogen) atoms. The average Bonchev–Trinajstić information content (AvgIpc) is 2.97. The second-order valence-electron chi connectivity index (χ2n) is 3.71. The van der Waals surface area contributed by atoms with Gasteiger partial charge < -0.3 is 5.11 Å². The fourth-order valence-electron chi connectivity index (χ4n) is 1.66. The largest absolute Gasteiger partial charge is 0.386 e. The standard InChI is InChI=1S/C12H10N2OS2/c15-10(9-6-16-7-13-9)5-12-14-8-3-1-2-4-11(8)17-12/h1-4,6-7,10,15H,5H2. The van der Waals surface area contributed by atoms with Crippen LogP contribution in [-0.2, 0) is 6.42 Å². The second-order valence-corrected chi connectivity index (χ2v) is 5.54. The van der Waals surface area contributed by atoms with Gasteiger partial charge in [-0.3, -0.25) is 0 Å². The summed E-state index contributed by atoms with van der Waals surface area (Å²) in [7, 11) is 0. The molecule has 3 nitrogen and oxygen atoms in total. The van der Waals surface area contributed by atoms with E-state index in [0.717, 1.165) is 20.9 Å². The Balaban J connectivity index is 1.85. The van der Waals surface area contributed by atoms with Crippen molar-refractivity contribution in [1.29, 1.82) is 0 Å². The van der Waals surface area contributed by atoms with E-state index < -0.39 is 6.10 Å². The molecule has 0 amide bonds. The molecular weight excluding hydrogens is 252 g/mol. The van der Waals surface area contributed by atoms with Crippen LogP contribution in [0.5, 0.6) is 0 Å². The van der Waals surface area contributed by atoms with Crippen molar-refractivity contribution < 1.29 is 5.11 Å². The van der Waals surface area contributed by atoms with E-state index in [9.17, 15) is 5.11 Å². The molecule has 0 aliphatic rings. The molecule has 0 fully saturated rings. The lowest BCUT2D eigenvalue weighted by Gasteiger charge is -2.03. The first-order valence-corrected chi connectivity index (χ1v) is 6.99. The van der Waals surface area contributed by atoms with Crippen LogP contribution < -0.4 is 0 Å². The first-order chi connectivity index (χ1) is 8.33. The highest BCUT2D eigenvalue weighted by molar-refractivity contribution is 7.18. The molecule has 0 radical (unpaired) electrons. The van der Waals surface area contributed by atoms with Crippen LogP contribution in [-0.4, -0.2) is 15.1 Å². The molecule has 0 saturated heterocycles. The molecule has 0 bridgehead atoms. The third-order valence-corrected chi connectivity index (χ3v) is 4.16. The summed E-state index contributed by atoms with van der Waals surface area (Å²) >= 11 is 3.12. The monoisotopic (exact) mass is 262 g/mol. The predicted molar refractivity (Wildman–Crippen MR) is 70.4 cm³/mol. The summed E-state index contributed by atoms with van der Waals surface area (Å²) in [4.78, 5) is 8.61. The van der Waals surface area contributed by atoms with Crippen LogP contribution in [0, 0.1) is 0 Å². The molecule has 0 spiro atoms. The third-order valence-electron chi connectivity index (χ3n) is 2.50. The minimum Gasteiger partial charge on any atom is -0.386 e. The summed E-state index contributed by atoms with van der Waals surface area (Å²) in [6.07, 6.45) is -0.0230. The molecule has 0 aliphatic heterocycles. The van der Waals surface area contributed by atoms with Crippen LogP contribution >= 0.6 is 22.7 Å². The summed E-state index contributed by atoms with van der Waals surface area (Å²) in [5, 5.41) is 12.8. The molecule has 1 atom stereocenters. The number of benzene rings is 1. The van der Waals surface area contributed by atoms with Gasteiger partial charge in [0.15, 0.2) is 0 Å². The van der Waals surface area contributed by atoms with E-state index in [-0.39, 0.29) is 0 Å². The fourth-order valence-corrected chi connectivity index (χ4v) is 3.27. The lowest BCUT2D eigenvalue weighted by molar-refractivity contribution is 0.174. The Morgan fingerprint density at radius 2 is 2.18 bits per heavy atom. The highest BCUT2D eigenvalue weighted by atomic mass is 32.1. The van der Waals surface area contributed by atoms with Gasteiger partial charge in [0.25, 0.3) is 0 Å². The maximum Gasteiger partial charge on any atom is 0.103 e. The Hall–Kier alpha value is -1.30. The zero-order valence-corrected chi connectivity index (χ0v) is 10.5. The van der Waals surface area contributed by atoms with Crippen LogP contribution in [0.25, 0.3) is 10.2 Å². The van der Waals surface area contributed by atoms with Gasteiger partial charge in [0.05, 0.1) is 26.4 Å². The summed E-state index contributed by atoms with van der Waals surface area (Å²) in [5.41, 5.74) is 3.46. The summed E-state index contributed by atoms with van der Waals surface area (Å²) in [6.45, 7) is 0. The van der Waals surface area contributed by atoms with Gasteiger partial charge in [-0.05, 0) is 12.1 Å². The van der Waals surface area contributed by atoms with Gasteiger partial charge in [0.1, 0.15) is 6.10 Å². The van der Waals surface area contributed by atoms with E-state index in [4.69, 9.17) is 0 Å². The quantitative estimate of drug-likeness (QED) is 0.789. The van der Waals surface area contributed by atoms with Gasteiger partial charge >= 0.3 is 0 Å². The molecule has 3 rings (SSSR count). The van der Waals surface area contributed by atoms with Gasteiger partial charge in [-0.2, -0.15) is 0 Å². The average molecular weight is 262 g/mol. The topological polar surface area (TPSA) is 46.0 Å². The van der Waals surface area contributed by atoms with Crippen molar-refractivity contribution in [3.63, 3.8) is 0 Å². The SMILES string of the molecule is OC(Cc1nc2ccccc2s1)c1cscn1. The molecular formula is C12H10N2OS2. The summed E-state index contributed by atoms with van der Waals surface area (Å²) < 4.78 is 1.16. The van der Waals surface area contributed by atoms with Gasteiger partial charge in [0.2, 0.25) is 0 Å². The Bertz CT molecular complexity index is 585. The second kappa shape index (κ2) is 4.52. The van der Waals surface area contributed by atoms with E-state index in [1.165, 1.54) is 11.3 Å². The van der Waals surface area contributed by atoms with Gasteiger partial charge in [0, 0.05) is 11.8 Å². The Morgan fingerprint density at radius 1 is 1.29 bits per heavy atom. The van der Waals surface area contributed by atoms with Crippen LogP contribution in [0.1, 0.15) is 16.8 Å². The summed E-state index contributed by atoms with van der Waals surface area (Å²) in [6, 6.07) is 8.01. The number of fused-ring (bicyclic) bond motifs is 1. The molecule has 2 aromatic heterocycles. The minimum absolute atomic E-state index is 0.531. The molecule has 1 N–H and O–H groups in total. The number of nitrogens with zero attached hydrogens (tertiary/aromatic N) is 2. The van der Waals surface area contributed by atoms with E-state index in [1.54, 1.807) is 16.8 Å². The molecule has 2 heterocycles. The normalized spacial score (nSPS) is 13.0. The van der Waals surface area contributed by atoms with Crippen LogP contribution in [0.3, 0.4) is 0 Å². The Morgan fingerprint density at radius 3 is 2.94 bits per heavy atom. The number of aliphatic hydroxyl groups is 1. The van der Waals surface area contributed by atoms with Crippen LogP contribution in [0.4, 0.5) is 0 Å². The summed E-state index contributed by atoms with van der Waals surface area (Å²) in [5.74, 6) is 0. The fraction of sp³-hybridized carbons (Fsp3) is 0.167. The third kappa shape index (κ3) is 2.22. The number of rotatable bonds is 3. The Kier molecular flexibility index (Phi) is 2.88. The zero-order valence-electron chi connectivity index (χ0n) is 8.91. The molecule has 0 aliphatic carbocycles. The highest BCUT2D eigenvalue weighted by Gasteiger charge is 2.13. The molecule has 1 aromatic carbocycles. The lowest BCUT2D eigenvalue weighted by atomic mass is 10.2. The van der Waals surface area contributed by atoms with Crippen molar-refractivity contribution in [2.24, 2.45) is 0 Å². The van der Waals surface area contributed by atoms with Crippen molar-refractivity contribution in [2.45, 2.75) is 12.5 Å². The number of aromatic nitrogens is 2.